The molecule has 0 fully saturated rings. The van der Waals surface area contributed by atoms with Gasteiger partial charge in [-0.25, -0.2) is 4.79 Å². The third kappa shape index (κ3) is 4.11. The van der Waals surface area contributed by atoms with E-state index >= 15 is 0 Å². The third-order valence-corrected chi connectivity index (χ3v) is 2.51. The van der Waals surface area contributed by atoms with Gasteiger partial charge in [0, 0.05) is 76.4 Å². The Bertz CT molecular complexity index is 653. The number of phenols is 2. The van der Waals surface area contributed by atoms with Crippen molar-refractivity contribution in [1.29, 1.82) is 0 Å². The van der Waals surface area contributed by atoms with E-state index in [0.717, 1.165) is 0 Å². The fraction of sp³-hybridized carbons (Fsp3) is 0.0714. The zero-order valence-corrected chi connectivity index (χ0v) is 16.6. The molecule has 0 unspecified atom stereocenters. The Hall–Kier alpha value is -0.282. The zero-order valence-electron chi connectivity index (χ0n) is 11.0. The Kier molecular flexibility index (Phi) is 8.12. The Labute approximate surface area is 167 Å². The Morgan fingerprint density at radius 3 is 2.30 bits per heavy atom. The summed E-state index contributed by atoms with van der Waals surface area (Å²) < 4.78 is 5.12. The van der Waals surface area contributed by atoms with Gasteiger partial charge in [0.15, 0.2) is 0 Å². The van der Waals surface area contributed by atoms with Crippen LogP contribution in [0.2, 0.25) is 0 Å². The van der Waals surface area contributed by atoms with Crippen molar-refractivity contribution in [3.8, 4) is 17.2 Å². The number of ether oxygens (including phenoxy) is 1. The number of esters is 1. The zero-order chi connectivity index (χ0) is 13.3. The molecule has 98 valence electrons. The second kappa shape index (κ2) is 8.23. The van der Waals surface area contributed by atoms with Crippen LogP contribution < -0.4 is 4.74 Å². The Morgan fingerprint density at radius 1 is 1.10 bits per heavy atom. The van der Waals surface area contributed by atoms with Crippen molar-refractivity contribution in [2.24, 2.45) is 0 Å². The first-order valence-electron chi connectivity index (χ1n) is 5.32. The van der Waals surface area contributed by atoms with E-state index in [4.69, 9.17) is 4.74 Å². The SMILES string of the molecule is C=C(C)C(=O)Oc1cccc2c(O)ccc(O)c12.[Y].[Y]. The molecule has 0 aliphatic rings. The maximum atomic E-state index is 11.5. The third-order valence-electron chi connectivity index (χ3n) is 2.51. The predicted octanol–water partition coefficient (Wildman–Crippen LogP) is 2.73. The molecule has 0 amide bonds. The number of carbonyl (C=O) groups excluding carboxylic acids is 1. The molecule has 0 aliphatic heterocycles. The van der Waals surface area contributed by atoms with Gasteiger partial charge in [0.25, 0.3) is 0 Å². The molecular formula is C14H12O4Y2. The van der Waals surface area contributed by atoms with Crippen LogP contribution in [0.4, 0.5) is 0 Å². The van der Waals surface area contributed by atoms with Crippen LogP contribution in [-0.4, -0.2) is 16.2 Å². The van der Waals surface area contributed by atoms with Gasteiger partial charge in [-0.2, -0.15) is 0 Å². The van der Waals surface area contributed by atoms with Crippen molar-refractivity contribution in [3.63, 3.8) is 0 Å². The van der Waals surface area contributed by atoms with Crippen molar-refractivity contribution >= 4 is 16.7 Å². The van der Waals surface area contributed by atoms with Gasteiger partial charge >= 0.3 is 5.97 Å². The van der Waals surface area contributed by atoms with Crippen molar-refractivity contribution in [2.75, 3.05) is 0 Å². The maximum absolute atomic E-state index is 11.5. The molecular weight excluding hydrogens is 410 g/mol. The van der Waals surface area contributed by atoms with Crippen LogP contribution in [0.1, 0.15) is 6.92 Å². The van der Waals surface area contributed by atoms with Crippen molar-refractivity contribution in [2.45, 2.75) is 6.92 Å². The van der Waals surface area contributed by atoms with Crippen molar-refractivity contribution < 1.29 is 85.2 Å². The second-order valence-corrected chi connectivity index (χ2v) is 3.95. The first kappa shape index (κ1) is 19.7. The number of hydrogen-bond donors (Lipinski definition) is 2. The van der Waals surface area contributed by atoms with E-state index in [9.17, 15) is 15.0 Å². The van der Waals surface area contributed by atoms with Gasteiger partial charge in [-0.3, -0.25) is 0 Å². The molecule has 2 N–H and O–H groups in total. The molecule has 6 heteroatoms. The van der Waals surface area contributed by atoms with Gasteiger partial charge in [-0.1, -0.05) is 18.7 Å². The summed E-state index contributed by atoms with van der Waals surface area (Å²) in [7, 11) is 0. The molecule has 4 nitrogen and oxygen atoms in total. The number of aromatic hydroxyl groups is 2. The number of benzene rings is 2. The van der Waals surface area contributed by atoms with Crippen molar-refractivity contribution in [3.05, 3.63) is 42.5 Å². The molecule has 0 bridgehead atoms. The number of fused-ring (bicyclic) bond motifs is 1. The molecule has 0 heterocycles. The molecule has 0 spiro atoms. The first-order chi connectivity index (χ1) is 8.50. The predicted molar refractivity (Wildman–Crippen MR) is 67.7 cm³/mol. The Balaban J connectivity index is 0.00000180. The van der Waals surface area contributed by atoms with Crippen LogP contribution in [0.15, 0.2) is 42.5 Å². The van der Waals surface area contributed by atoms with E-state index in [-0.39, 0.29) is 88.2 Å². The van der Waals surface area contributed by atoms with E-state index in [1.807, 2.05) is 0 Å². The van der Waals surface area contributed by atoms with Crippen LogP contribution in [0.3, 0.4) is 0 Å². The minimum Gasteiger partial charge on any atom is -0.507 e. The quantitative estimate of drug-likeness (QED) is 0.338. The van der Waals surface area contributed by atoms with E-state index in [0.29, 0.717) is 10.8 Å². The smallest absolute Gasteiger partial charge is 0.338 e. The van der Waals surface area contributed by atoms with Gasteiger partial charge < -0.3 is 14.9 Å². The van der Waals surface area contributed by atoms with Gasteiger partial charge in [0.2, 0.25) is 0 Å². The summed E-state index contributed by atoms with van der Waals surface area (Å²) in [4.78, 5) is 11.5. The summed E-state index contributed by atoms with van der Waals surface area (Å²) >= 11 is 0. The average Bonchev–Trinajstić information content (AvgIpc) is 2.34. The Morgan fingerprint density at radius 2 is 1.70 bits per heavy atom. The maximum Gasteiger partial charge on any atom is 0.338 e. The van der Waals surface area contributed by atoms with Crippen LogP contribution >= 0.6 is 0 Å². The largest absolute Gasteiger partial charge is 0.507 e. The monoisotopic (exact) mass is 422 g/mol. The van der Waals surface area contributed by atoms with Gasteiger partial charge in [-0.05, 0) is 25.1 Å². The summed E-state index contributed by atoms with van der Waals surface area (Å²) in [5.41, 5.74) is 0.256. The molecule has 0 aliphatic carbocycles. The topological polar surface area (TPSA) is 66.8 Å². The first-order valence-corrected chi connectivity index (χ1v) is 5.32. The van der Waals surface area contributed by atoms with Gasteiger partial charge in [0.1, 0.15) is 17.2 Å². The van der Waals surface area contributed by atoms with E-state index in [1.54, 1.807) is 18.2 Å². The average molecular weight is 422 g/mol. The minimum atomic E-state index is -0.578. The fourth-order valence-electron chi connectivity index (χ4n) is 1.61. The fourth-order valence-corrected chi connectivity index (χ4v) is 1.61. The van der Waals surface area contributed by atoms with E-state index in [1.165, 1.54) is 19.1 Å². The molecule has 0 saturated heterocycles. The van der Waals surface area contributed by atoms with E-state index in [2.05, 4.69) is 6.58 Å². The molecule has 0 saturated carbocycles. The number of hydrogen-bond acceptors (Lipinski definition) is 4. The standard InChI is InChI=1S/C14H12O4.2Y/c1-8(2)14(17)18-12-5-3-4-9-10(15)6-7-11(16)13(9)12;;/h3-7,15-16H,1H2,2H3;;. The molecule has 0 aromatic heterocycles. The van der Waals surface area contributed by atoms with Crippen LogP contribution in [0.5, 0.6) is 17.2 Å². The second-order valence-electron chi connectivity index (χ2n) is 3.95. The number of rotatable bonds is 2. The molecule has 2 rings (SSSR count). The van der Waals surface area contributed by atoms with Crippen molar-refractivity contribution in [1.82, 2.24) is 0 Å². The molecule has 2 radical (unpaired) electrons. The number of carbonyl (C=O) groups is 1. The summed E-state index contributed by atoms with van der Waals surface area (Å²) in [6.45, 7) is 5.02. The van der Waals surface area contributed by atoms with E-state index < -0.39 is 5.97 Å². The van der Waals surface area contributed by atoms with Crippen LogP contribution in [-0.2, 0) is 70.2 Å². The molecule has 2 aromatic carbocycles. The van der Waals surface area contributed by atoms with Gasteiger partial charge in [-0.15, -0.1) is 0 Å². The van der Waals surface area contributed by atoms with Crippen LogP contribution in [0.25, 0.3) is 10.8 Å². The van der Waals surface area contributed by atoms with Crippen LogP contribution in [0, 0.1) is 0 Å². The summed E-state index contributed by atoms with van der Waals surface area (Å²) in [5, 5.41) is 20.2. The summed E-state index contributed by atoms with van der Waals surface area (Å²) in [5.74, 6) is -0.442. The minimum absolute atomic E-state index is 0. The summed E-state index contributed by atoms with van der Waals surface area (Å²) in [6.07, 6.45) is 0. The molecule has 20 heavy (non-hydrogen) atoms. The molecule has 2 aromatic rings. The summed E-state index contributed by atoms with van der Waals surface area (Å²) in [6, 6.07) is 7.52. The van der Waals surface area contributed by atoms with Gasteiger partial charge in [0.05, 0.1) is 5.39 Å². The molecule has 0 atom stereocenters. The normalized spacial score (nSPS) is 9.25. The number of phenolic OH excluding ortho intramolecular Hbond substituents is 2.